The molecule has 1 amide bonds. The molecule has 1 saturated heterocycles. The van der Waals surface area contributed by atoms with Crippen LogP contribution in [-0.2, 0) is 11.3 Å². The minimum Gasteiger partial charge on any atom is -0.497 e. The fourth-order valence-corrected chi connectivity index (χ4v) is 3.48. The van der Waals surface area contributed by atoms with Gasteiger partial charge in [-0.15, -0.1) is 0 Å². The lowest BCUT2D eigenvalue weighted by Gasteiger charge is -2.34. The van der Waals surface area contributed by atoms with E-state index in [2.05, 4.69) is 46.2 Å². The number of rotatable bonds is 8. The van der Waals surface area contributed by atoms with Crippen molar-refractivity contribution in [1.29, 1.82) is 0 Å². The molecule has 0 aliphatic carbocycles. The molecule has 0 bridgehead atoms. The Morgan fingerprint density at radius 2 is 1.76 bits per heavy atom. The Morgan fingerprint density at radius 1 is 1.03 bits per heavy atom. The fraction of sp³-hybridized carbons (Fsp3) is 0.375. The van der Waals surface area contributed by atoms with E-state index < -0.39 is 0 Å². The second kappa shape index (κ2) is 10.8. The molecular weight excluding hydrogens is 362 g/mol. The first-order valence-corrected chi connectivity index (χ1v) is 10.2. The van der Waals surface area contributed by atoms with Crippen LogP contribution in [0.5, 0.6) is 5.75 Å². The van der Waals surface area contributed by atoms with Crippen LogP contribution in [0.4, 0.5) is 0 Å². The number of nitrogens with zero attached hydrogens (tertiary/aromatic N) is 3. The number of hydrogen-bond acceptors (Lipinski definition) is 4. The van der Waals surface area contributed by atoms with Gasteiger partial charge in [-0.1, -0.05) is 54.6 Å². The van der Waals surface area contributed by atoms with E-state index in [9.17, 15) is 4.79 Å². The summed E-state index contributed by atoms with van der Waals surface area (Å²) in [5.74, 6) is 0.978. The molecule has 1 fully saturated rings. The molecule has 0 unspecified atom stereocenters. The minimum atomic E-state index is 0.158. The van der Waals surface area contributed by atoms with Crippen molar-refractivity contribution in [3.05, 3.63) is 71.8 Å². The average molecular weight is 394 g/mol. The van der Waals surface area contributed by atoms with E-state index in [0.717, 1.165) is 44.0 Å². The summed E-state index contributed by atoms with van der Waals surface area (Å²) < 4.78 is 5.26. The lowest BCUT2D eigenvalue weighted by molar-refractivity contribution is -0.132. The molecule has 154 valence electrons. The van der Waals surface area contributed by atoms with Gasteiger partial charge in [-0.05, 0) is 23.3 Å². The second-order valence-corrected chi connectivity index (χ2v) is 7.49. The normalized spacial score (nSPS) is 15.5. The van der Waals surface area contributed by atoms with Gasteiger partial charge in [-0.25, -0.2) is 0 Å². The molecule has 0 spiro atoms. The Hall–Kier alpha value is -2.63. The van der Waals surface area contributed by atoms with Crippen LogP contribution in [0.1, 0.15) is 11.1 Å². The third-order valence-corrected chi connectivity index (χ3v) is 5.28. The van der Waals surface area contributed by atoms with Gasteiger partial charge in [0.1, 0.15) is 5.75 Å². The molecule has 0 N–H and O–H groups in total. The molecule has 2 aromatic carbocycles. The molecule has 0 atom stereocenters. The van der Waals surface area contributed by atoms with Crippen LogP contribution in [0.25, 0.3) is 6.08 Å². The Morgan fingerprint density at radius 3 is 2.48 bits per heavy atom. The average Bonchev–Trinajstić information content (AvgIpc) is 2.76. The van der Waals surface area contributed by atoms with Crippen LogP contribution in [0.2, 0.25) is 0 Å². The highest BCUT2D eigenvalue weighted by Crippen LogP contribution is 2.14. The highest BCUT2D eigenvalue weighted by molar-refractivity contribution is 5.78. The maximum Gasteiger partial charge on any atom is 0.236 e. The Labute approximate surface area is 174 Å². The van der Waals surface area contributed by atoms with E-state index in [1.165, 1.54) is 5.56 Å². The predicted octanol–water partition coefficient (Wildman–Crippen LogP) is 2.98. The summed E-state index contributed by atoms with van der Waals surface area (Å²) in [5.41, 5.74) is 2.31. The summed E-state index contributed by atoms with van der Waals surface area (Å²) in [5, 5.41) is 0. The Balaban J connectivity index is 1.39. The van der Waals surface area contributed by atoms with E-state index in [-0.39, 0.29) is 5.91 Å². The van der Waals surface area contributed by atoms with Gasteiger partial charge in [-0.2, -0.15) is 0 Å². The van der Waals surface area contributed by atoms with Crippen molar-refractivity contribution in [1.82, 2.24) is 14.7 Å². The fourth-order valence-electron chi connectivity index (χ4n) is 3.48. The molecule has 0 radical (unpaired) electrons. The quantitative estimate of drug-likeness (QED) is 0.691. The van der Waals surface area contributed by atoms with Gasteiger partial charge in [-0.3, -0.25) is 14.6 Å². The van der Waals surface area contributed by atoms with Gasteiger partial charge >= 0.3 is 0 Å². The number of ether oxygens (including phenoxy) is 1. The number of methoxy groups -OCH3 is 1. The van der Waals surface area contributed by atoms with Gasteiger partial charge in [0.2, 0.25) is 5.91 Å². The van der Waals surface area contributed by atoms with Crippen molar-refractivity contribution < 1.29 is 9.53 Å². The van der Waals surface area contributed by atoms with Gasteiger partial charge in [0.25, 0.3) is 0 Å². The summed E-state index contributed by atoms with van der Waals surface area (Å²) in [6.45, 7) is 5.87. The molecule has 1 aliphatic heterocycles. The highest BCUT2D eigenvalue weighted by atomic mass is 16.5. The van der Waals surface area contributed by atoms with Crippen LogP contribution >= 0.6 is 0 Å². The van der Waals surface area contributed by atoms with Crippen LogP contribution in [-0.4, -0.2) is 74.0 Å². The van der Waals surface area contributed by atoms with Crippen molar-refractivity contribution in [2.24, 2.45) is 0 Å². The smallest absolute Gasteiger partial charge is 0.236 e. The standard InChI is InChI=1S/C24H31N3O2/c1-25(19-22-10-6-12-23(18-22)29-2)24(28)20-27-16-14-26(15-17-27)13-7-11-21-8-4-3-5-9-21/h3-12,18H,13-17,19-20H2,1-2H3/b11-7+. The van der Waals surface area contributed by atoms with Crippen LogP contribution in [0, 0.1) is 0 Å². The van der Waals surface area contributed by atoms with E-state index in [1.54, 1.807) is 12.0 Å². The summed E-state index contributed by atoms with van der Waals surface area (Å²) in [4.78, 5) is 19.1. The van der Waals surface area contributed by atoms with E-state index in [1.807, 2.05) is 37.4 Å². The number of amides is 1. The maximum absolute atomic E-state index is 12.6. The lowest BCUT2D eigenvalue weighted by Crippen LogP contribution is -2.49. The largest absolute Gasteiger partial charge is 0.497 e. The molecule has 29 heavy (non-hydrogen) atoms. The molecule has 1 aliphatic rings. The van der Waals surface area contributed by atoms with Gasteiger partial charge in [0.05, 0.1) is 13.7 Å². The molecule has 0 saturated carbocycles. The van der Waals surface area contributed by atoms with Crippen LogP contribution in [0.3, 0.4) is 0 Å². The summed E-state index contributed by atoms with van der Waals surface area (Å²) >= 11 is 0. The summed E-state index contributed by atoms with van der Waals surface area (Å²) in [6, 6.07) is 18.2. The zero-order valence-corrected chi connectivity index (χ0v) is 17.5. The first-order valence-electron chi connectivity index (χ1n) is 10.2. The third-order valence-electron chi connectivity index (χ3n) is 5.28. The van der Waals surface area contributed by atoms with Crippen molar-refractivity contribution >= 4 is 12.0 Å². The molecule has 0 aromatic heterocycles. The number of hydrogen-bond donors (Lipinski definition) is 0. The molecule has 3 rings (SSSR count). The zero-order valence-electron chi connectivity index (χ0n) is 17.5. The Kier molecular flexibility index (Phi) is 7.85. The van der Waals surface area contributed by atoms with E-state index in [0.29, 0.717) is 13.1 Å². The number of likely N-dealkylation sites (N-methyl/N-ethyl adjacent to an activating group) is 1. The van der Waals surface area contributed by atoms with Crippen LogP contribution in [0.15, 0.2) is 60.7 Å². The number of carbonyl (C=O) groups is 1. The summed E-state index contributed by atoms with van der Waals surface area (Å²) in [6.07, 6.45) is 4.39. The first kappa shape index (κ1) is 21.1. The monoisotopic (exact) mass is 393 g/mol. The SMILES string of the molecule is COc1cccc(CN(C)C(=O)CN2CCN(C/C=C/c3ccccc3)CC2)c1. The van der Waals surface area contributed by atoms with Crippen LogP contribution < -0.4 is 4.74 Å². The number of piperazine rings is 1. The minimum absolute atomic E-state index is 0.158. The van der Waals surface area contributed by atoms with Crippen molar-refractivity contribution in [3.63, 3.8) is 0 Å². The topological polar surface area (TPSA) is 36.0 Å². The maximum atomic E-state index is 12.6. The molecule has 5 nitrogen and oxygen atoms in total. The third kappa shape index (κ3) is 6.73. The molecule has 1 heterocycles. The first-order chi connectivity index (χ1) is 14.1. The van der Waals surface area contributed by atoms with Crippen molar-refractivity contribution in [2.45, 2.75) is 6.54 Å². The van der Waals surface area contributed by atoms with Crippen molar-refractivity contribution in [3.8, 4) is 5.75 Å². The van der Waals surface area contributed by atoms with E-state index >= 15 is 0 Å². The number of carbonyl (C=O) groups excluding carboxylic acids is 1. The van der Waals surface area contributed by atoms with Gasteiger partial charge < -0.3 is 9.64 Å². The summed E-state index contributed by atoms with van der Waals surface area (Å²) in [7, 11) is 3.53. The van der Waals surface area contributed by atoms with Gasteiger partial charge in [0, 0.05) is 46.3 Å². The predicted molar refractivity (Wildman–Crippen MR) is 118 cm³/mol. The Bertz CT molecular complexity index is 799. The van der Waals surface area contributed by atoms with E-state index in [4.69, 9.17) is 4.74 Å². The van der Waals surface area contributed by atoms with Crippen molar-refractivity contribution in [2.75, 3.05) is 53.4 Å². The molecule has 5 heteroatoms. The van der Waals surface area contributed by atoms with Gasteiger partial charge in [0.15, 0.2) is 0 Å². The highest BCUT2D eigenvalue weighted by Gasteiger charge is 2.20. The molecule has 2 aromatic rings. The second-order valence-electron chi connectivity index (χ2n) is 7.49. The lowest BCUT2D eigenvalue weighted by atomic mass is 10.2. The molecular formula is C24H31N3O2. The zero-order chi connectivity index (χ0) is 20.5. The number of benzene rings is 2.